The second-order valence-corrected chi connectivity index (χ2v) is 6.38. The first-order valence-electron chi connectivity index (χ1n) is 6.14. The summed E-state index contributed by atoms with van der Waals surface area (Å²) in [4.78, 5) is 10.7. The zero-order valence-corrected chi connectivity index (χ0v) is 12.6. The molecule has 2 rings (SSSR count). The third-order valence-corrected chi connectivity index (χ3v) is 4.64. The van der Waals surface area contributed by atoms with Crippen molar-refractivity contribution < 1.29 is 9.13 Å². The minimum atomic E-state index is -1.19. The molecule has 2 aromatic carbocycles. The maximum Gasteiger partial charge on any atom is 0.269 e. The molecule has 0 spiro atoms. The van der Waals surface area contributed by atoms with E-state index in [-0.39, 0.29) is 5.69 Å². The van der Waals surface area contributed by atoms with Crippen LogP contribution in [0.4, 0.5) is 11.4 Å². The Hall–Kier alpha value is -1.92. The van der Waals surface area contributed by atoms with Crippen LogP contribution in [0, 0.1) is 10.1 Å². The van der Waals surface area contributed by atoms with Crippen molar-refractivity contribution in [1.82, 2.24) is 0 Å². The van der Waals surface area contributed by atoms with E-state index in [0.29, 0.717) is 27.8 Å². The SMILES string of the molecule is Nc1ccc(S(=O)CCc2ccc([N+](=O)[O-])cc2)cc1Cl. The predicted octanol–water partition coefficient (Wildman–Crippen LogP) is 3.18. The number of nitro groups is 1. The molecule has 7 heteroatoms. The van der Waals surface area contributed by atoms with Crippen molar-refractivity contribution in [3.63, 3.8) is 0 Å². The standard InChI is InChI=1S/C14H13ClN2O3S/c15-13-9-12(5-6-14(13)16)21(20)8-7-10-1-3-11(4-2-10)17(18)19/h1-6,9H,7-8,16H2. The normalized spacial score (nSPS) is 12.0. The van der Waals surface area contributed by atoms with Gasteiger partial charge in [-0.25, -0.2) is 0 Å². The van der Waals surface area contributed by atoms with Crippen molar-refractivity contribution in [1.29, 1.82) is 0 Å². The topological polar surface area (TPSA) is 86.2 Å². The maximum atomic E-state index is 12.2. The molecule has 0 bridgehead atoms. The first-order valence-corrected chi connectivity index (χ1v) is 7.84. The van der Waals surface area contributed by atoms with Crippen molar-refractivity contribution >= 4 is 33.8 Å². The Morgan fingerprint density at radius 1 is 1.19 bits per heavy atom. The van der Waals surface area contributed by atoms with E-state index in [9.17, 15) is 14.3 Å². The van der Waals surface area contributed by atoms with Gasteiger partial charge in [-0.3, -0.25) is 14.3 Å². The highest BCUT2D eigenvalue weighted by atomic mass is 35.5. The molecule has 1 atom stereocenters. The molecule has 0 amide bonds. The molecule has 0 fully saturated rings. The highest BCUT2D eigenvalue weighted by molar-refractivity contribution is 7.85. The van der Waals surface area contributed by atoms with Gasteiger partial charge >= 0.3 is 0 Å². The lowest BCUT2D eigenvalue weighted by molar-refractivity contribution is -0.384. The number of nitrogens with zero attached hydrogens (tertiary/aromatic N) is 1. The molecule has 1 unspecified atom stereocenters. The first kappa shape index (κ1) is 15.5. The van der Waals surface area contributed by atoms with E-state index in [0.717, 1.165) is 5.56 Å². The van der Waals surface area contributed by atoms with Crippen molar-refractivity contribution in [2.75, 3.05) is 11.5 Å². The molecular weight excluding hydrogens is 312 g/mol. The molecule has 0 saturated heterocycles. The van der Waals surface area contributed by atoms with E-state index in [4.69, 9.17) is 17.3 Å². The summed E-state index contributed by atoms with van der Waals surface area (Å²) in [5.41, 5.74) is 7.00. The zero-order chi connectivity index (χ0) is 15.4. The molecule has 0 radical (unpaired) electrons. The van der Waals surface area contributed by atoms with E-state index >= 15 is 0 Å². The second kappa shape index (κ2) is 6.69. The van der Waals surface area contributed by atoms with E-state index in [1.807, 2.05) is 0 Å². The van der Waals surface area contributed by atoms with Crippen LogP contribution in [0.1, 0.15) is 5.56 Å². The minimum absolute atomic E-state index is 0.0465. The van der Waals surface area contributed by atoms with E-state index in [1.165, 1.54) is 12.1 Å². The van der Waals surface area contributed by atoms with Gasteiger partial charge in [0.1, 0.15) is 0 Å². The predicted molar refractivity (Wildman–Crippen MR) is 83.9 cm³/mol. The average molecular weight is 325 g/mol. The second-order valence-electron chi connectivity index (χ2n) is 4.41. The van der Waals surface area contributed by atoms with Gasteiger partial charge in [0, 0.05) is 22.8 Å². The fraction of sp³-hybridized carbons (Fsp3) is 0.143. The van der Waals surface area contributed by atoms with Crippen molar-refractivity contribution in [2.24, 2.45) is 0 Å². The van der Waals surface area contributed by atoms with Gasteiger partial charge in [0.25, 0.3) is 5.69 Å². The van der Waals surface area contributed by atoms with Crippen molar-refractivity contribution in [3.05, 3.63) is 63.2 Å². The van der Waals surface area contributed by atoms with Crippen LogP contribution in [0.3, 0.4) is 0 Å². The maximum absolute atomic E-state index is 12.2. The molecule has 0 saturated carbocycles. The number of halogens is 1. The van der Waals surface area contributed by atoms with Gasteiger partial charge in [0.2, 0.25) is 0 Å². The Labute approximate surface area is 129 Å². The lowest BCUT2D eigenvalue weighted by Crippen LogP contribution is -2.02. The number of nitrogen functional groups attached to an aromatic ring is 1. The molecule has 0 heterocycles. The number of rotatable bonds is 5. The van der Waals surface area contributed by atoms with Crippen LogP contribution in [0.15, 0.2) is 47.4 Å². The molecule has 0 aromatic heterocycles. The van der Waals surface area contributed by atoms with Crippen LogP contribution in [-0.2, 0) is 17.2 Å². The van der Waals surface area contributed by atoms with Crippen molar-refractivity contribution in [3.8, 4) is 0 Å². The fourth-order valence-electron chi connectivity index (χ4n) is 1.76. The van der Waals surface area contributed by atoms with Gasteiger partial charge in [0.15, 0.2) is 0 Å². The summed E-state index contributed by atoms with van der Waals surface area (Å²) in [6.45, 7) is 0. The zero-order valence-electron chi connectivity index (χ0n) is 11.0. The Kier molecular flexibility index (Phi) is 4.93. The average Bonchev–Trinajstić information content (AvgIpc) is 2.48. The smallest absolute Gasteiger partial charge is 0.269 e. The Morgan fingerprint density at radius 3 is 2.43 bits per heavy atom. The fourth-order valence-corrected chi connectivity index (χ4v) is 3.13. The van der Waals surface area contributed by atoms with Crippen LogP contribution in [-0.4, -0.2) is 14.9 Å². The number of nitrogens with two attached hydrogens (primary N) is 1. The summed E-state index contributed by atoms with van der Waals surface area (Å²) >= 11 is 5.90. The number of benzene rings is 2. The Morgan fingerprint density at radius 2 is 1.86 bits per heavy atom. The van der Waals surface area contributed by atoms with Crippen molar-refractivity contribution in [2.45, 2.75) is 11.3 Å². The lowest BCUT2D eigenvalue weighted by Gasteiger charge is -2.05. The summed E-state index contributed by atoms with van der Waals surface area (Å²) in [6, 6.07) is 11.1. The van der Waals surface area contributed by atoms with E-state index in [2.05, 4.69) is 0 Å². The molecule has 2 aromatic rings. The highest BCUT2D eigenvalue weighted by Crippen LogP contribution is 2.22. The molecule has 21 heavy (non-hydrogen) atoms. The lowest BCUT2D eigenvalue weighted by atomic mass is 10.1. The number of anilines is 1. The molecule has 0 aliphatic heterocycles. The quantitative estimate of drug-likeness (QED) is 0.520. The summed E-state index contributed by atoms with van der Waals surface area (Å²) in [5.74, 6) is 0.415. The minimum Gasteiger partial charge on any atom is -0.398 e. The molecule has 5 nitrogen and oxygen atoms in total. The number of hydrogen-bond donors (Lipinski definition) is 1. The van der Waals surface area contributed by atoms with Gasteiger partial charge in [-0.05, 0) is 30.2 Å². The Bertz CT molecular complexity index is 689. The molecule has 0 aliphatic carbocycles. The van der Waals surface area contributed by atoms with Crippen LogP contribution in [0.25, 0.3) is 0 Å². The van der Waals surface area contributed by atoms with Gasteiger partial charge in [-0.2, -0.15) is 0 Å². The summed E-state index contributed by atoms with van der Waals surface area (Å²) < 4.78 is 12.2. The largest absolute Gasteiger partial charge is 0.398 e. The van der Waals surface area contributed by atoms with Crippen LogP contribution >= 0.6 is 11.6 Å². The van der Waals surface area contributed by atoms with Gasteiger partial charge in [-0.15, -0.1) is 0 Å². The highest BCUT2D eigenvalue weighted by Gasteiger charge is 2.08. The number of nitro benzene ring substituents is 1. The first-order chi connectivity index (χ1) is 9.97. The third kappa shape index (κ3) is 4.03. The summed E-state index contributed by atoms with van der Waals surface area (Å²) in [5, 5.41) is 10.9. The van der Waals surface area contributed by atoms with Crippen LogP contribution < -0.4 is 5.73 Å². The van der Waals surface area contributed by atoms with Gasteiger partial charge < -0.3 is 5.73 Å². The molecule has 0 aliphatic rings. The number of non-ortho nitro benzene ring substituents is 1. The molecule has 2 N–H and O–H groups in total. The monoisotopic (exact) mass is 324 g/mol. The number of aryl methyl sites for hydroxylation is 1. The Balaban J connectivity index is 2.00. The van der Waals surface area contributed by atoms with Crippen LogP contribution in [0.5, 0.6) is 0 Å². The summed E-state index contributed by atoms with van der Waals surface area (Å²) in [7, 11) is -1.19. The number of hydrogen-bond acceptors (Lipinski definition) is 4. The van der Waals surface area contributed by atoms with E-state index < -0.39 is 15.7 Å². The van der Waals surface area contributed by atoms with Gasteiger partial charge in [0.05, 0.1) is 26.4 Å². The third-order valence-electron chi connectivity index (χ3n) is 2.96. The molecule has 110 valence electrons. The van der Waals surface area contributed by atoms with Crippen LogP contribution in [0.2, 0.25) is 5.02 Å². The summed E-state index contributed by atoms with van der Waals surface area (Å²) in [6.07, 6.45) is 0.562. The molecular formula is C14H13ClN2O3S. The van der Waals surface area contributed by atoms with E-state index in [1.54, 1.807) is 30.3 Å². The van der Waals surface area contributed by atoms with Gasteiger partial charge in [-0.1, -0.05) is 23.7 Å².